The summed E-state index contributed by atoms with van der Waals surface area (Å²) in [7, 11) is 0. The highest BCUT2D eigenvalue weighted by Crippen LogP contribution is 2.44. The maximum Gasteiger partial charge on any atom is 0.0590 e. The highest BCUT2D eigenvalue weighted by molar-refractivity contribution is 5.11. The van der Waals surface area contributed by atoms with E-state index in [0.717, 1.165) is 35.3 Å². The number of rotatable bonds is 3. The molecule has 0 bridgehead atoms. The second kappa shape index (κ2) is 4.37. The van der Waals surface area contributed by atoms with Crippen LogP contribution in [0.3, 0.4) is 0 Å². The molecular formula is C14H21N3. The number of nitrogens with zero attached hydrogens (tertiary/aromatic N) is 2. The molecule has 2 aliphatic rings. The minimum Gasteiger partial charge on any atom is -0.314 e. The molecule has 17 heavy (non-hydrogen) atoms. The van der Waals surface area contributed by atoms with Crippen LogP contribution in [0.25, 0.3) is 0 Å². The molecule has 2 heterocycles. The lowest BCUT2D eigenvalue weighted by atomic mass is 9.99. The molecule has 3 rings (SSSR count). The second-order valence-electron chi connectivity index (χ2n) is 5.67. The fourth-order valence-corrected chi connectivity index (χ4v) is 2.87. The van der Waals surface area contributed by atoms with Crippen molar-refractivity contribution in [3.05, 3.63) is 23.3 Å². The van der Waals surface area contributed by atoms with Gasteiger partial charge in [-0.15, -0.1) is 0 Å². The third kappa shape index (κ3) is 2.49. The summed E-state index contributed by atoms with van der Waals surface area (Å²) in [6, 6.07) is 0.710. The van der Waals surface area contributed by atoms with Crippen LogP contribution in [-0.2, 0) is 6.42 Å². The van der Waals surface area contributed by atoms with E-state index in [4.69, 9.17) is 0 Å². The summed E-state index contributed by atoms with van der Waals surface area (Å²) in [4.78, 5) is 8.98. The number of aromatic nitrogens is 2. The molecule has 0 spiro atoms. The molecule has 3 heteroatoms. The Balaban J connectivity index is 1.54. The molecule has 0 aromatic carbocycles. The van der Waals surface area contributed by atoms with Crippen molar-refractivity contribution < 1.29 is 0 Å². The van der Waals surface area contributed by atoms with Crippen LogP contribution in [0, 0.1) is 25.7 Å². The van der Waals surface area contributed by atoms with Crippen molar-refractivity contribution in [2.75, 3.05) is 6.54 Å². The summed E-state index contributed by atoms with van der Waals surface area (Å²) in [5.74, 6) is 2.04. The zero-order valence-electron chi connectivity index (χ0n) is 10.7. The summed E-state index contributed by atoms with van der Waals surface area (Å²) in [5, 5.41) is 3.66. The van der Waals surface area contributed by atoms with Crippen LogP contribution in [-0.4, -0.2) is 22.6 Å². The molecule has 92 valence electrons. The minimum absolute atomic E-state index is 0.710. The van der Waals surface area contributed by atoms with Crippen LogP contribution >= 0.6 is 0 Å². The van der Waals surface area contributed by atoms with E-state index in [1.807, 2.05) is 20.0 Å². The van der Waals surface area contributed by atoms with Crippen LogP contribution in [0.4, 0.5) is 0 Å². The lowest BCUT2D eigenvalue weighted by Gasteiger charge is -2.22. The zero-order valence-corrected chi connectivity index (χ0v) is 10.7. The summed E-state index contributed by atoms with van der Waals surface area (Å²) in [6.45, 7) is 5.30. The van der Waals surface area contributed by atoms with Crippen LogP contribution in [0.5, 0.6) is 0 Å². The van der Waals surface area contributed by atoms with Crippen LogP contribution in [0.2, 0.25) is 0 Å². The third-order valence-corrected chi connectivity index (χ3v) is 4.32. The molecule has 1 aromatic rings. The molecule has 3 atom stereocenters. The van der Waals surface area contributed by atoms with Gasteiger partial charge in [-0.2, -0.15) is 0 Å². The highest BCUT2D eigenvalue weighted by atomic mass is 15.0. The van der Waals surface area contributed by atoms with Crippen molar-refractivity contribution in [2.24, 2.45) is 11.8 Å². The molecule has 1 aromatic heterocycles. The Morgan fingerprint density at radius 2 is 2.12 bits per heavy atom. The number of hydrogen-bond donors (Lipinski definition) is 1. The van der Waals surface area contributed by atoms with Gasteiger partial charge in [0.05, 0.1) is 17.1 Å². The van der Waals surface area contributed by atoms with Gasteiger partial charge in [-0.05, 0) is 57.9 Å². The fourth-order valence-electron chi connectivity index (χ4n) is 2.87. The number of hydrogen-bond acceptors (Lipinski definition) is 3. The Kier molecular flexibility index (Phi) is 2.87. The molecule has 1 aliphatic heterocycles. The molecule has 3 nitrogen and oxygen atoms in total. The lowest BCUT2D eigenvalue weighted by Crippen LogP contribution is -2.35. The van der Waals surface area contributed by atoms with Gasteiger partial charge in [0.15, 0.2) is 0 Å². The largest absolute Gasteiger partial charge is 0.314 e. The van der Waals surface area contributed by atoms with Gasteiger partial charge in [0, 0.05) is 12.2 Å². The van der Waals surface area contributed by atoms with Gasteiger partial charge in [-0.25, -0.2) is 0 Å². The van der Waals surface area contributed by atoms with Gasteiger partial charge >= 0.3 is 0 Å². The molecule has 0 unspecified atom stereocenters. The van der Waals surface area contributed by atoms with E-state index in [1.165, 1.54) is 25.8 Å². The standard InChI is InChI=1S/C14H21N3/c1-9-10(2)17-14(8-15-9)4-3-13-6-11-5-12(11)7-16-13/h8,11-13,16H,3-7H2,1-2H3/t11-,12+,13-/m1/s1. The topological polar surface area (TPSA) is 37.8 Å². The molecule has 0 radical (unpaired) electrons. The van der Waals surface area contributed by atoms with Crippen molar-refractivity contribution in [2.45, 2.75) is 45.6 Å². The average molecular weight is 231 g/mol. The van der Waals surface area contributed by atoms with Crippen LogP contribution in [0.1, 0.15) is 36.3 Å². The Morgan fingerprint density at radius 1 is 1.24 bits per heavy atom. The van der Waals surface area contributed by atoms with E-state index >= 15 is 0 Å². The van der Waals surface area contributed by atoms with Gasteiger partial charge in [0.25, 0.3) is 0 Å². The first-order chi connectivity index (χ1) is 8.22. The van der Waals surface area contributed by atoms with Gasteiger partial charge in [-0.1, -0.05) is 0 Å². The Hall–Kier alpha value is -0.960. The minimum atomic E-state index is 0.710. The van der Waals surface area contributed by atoms with Gasteiger partial charge < -0.3 is 5.32 Å². The molecule has 1 N–H and O–H groups in total. The van der Waals surface area contributed by atoms with E-state index in [-0.39, 0.29) is 0 Å². The first kappa shape index (κ1) is 11.1. The van der Waals surface area contributed by atoms with E-state index in [1.54, 1.807) is 0 Å². The summed E-state index contributed by atoms with van der Waals surface area (Å²) in [5.41, 5.74) is 3.26. The van der Waals surface area contributed by atoms with Crippen molar-refractivity contribution in [3.8, 4) is 0 Å². The maximum absolute atomic E-state index is 4.60. The number of nitrogens with one attached hydrogen (secondary N) is 1. The molecule has 2 fully saturated rings. The molecule has 0 amide bonds. The zero-order chi connectivity index (χ0) is 11.8. The SMILES string of the molecule is Cc1ncc(CC[C@@H]2C[C@H]3C[C@H]3CN2)nc1C. The molecule has 1 aliphatic carbocycles. The van der Waals surface area contributed by atoms with E-state index in [2.05, 4.69) is 15.3 Å². The van der Waals surface area contributed by atoms with Crippen molar-refractivity contribution >= 4 is 0 Å². The summed E-state index contributed by atoms with van der Waals surface area (Å²) >= 11 is 0. The maximum atomic E-state index is 4.60. The van der Waals surface area contributed by atoms with E-state index in [9.17, 15) is 0 Å². The first-order valence-electron chi connectivity index (χ1n) is 6.75. The normalized spacial score (nSPS) is 31.1. The van der Waals surface area contributed by atoms with Crippen molar-refractivity contribution in [1.29, 1.82) is 0 Å². The second-order valence-corrected chi connectivity index (χ2v) is 5.67. The fraction of sp³-hybridized carbons (Fsp3) is 0.714. The van der Waals surface area contributed by atoms with Crippen LogP contribution in [0.15, 0.2) is 6.20 Å². The predicted octanol–water partition coefficient (Wildman–Crippen LogP) is 2.02. The Labute approximate surface area is 103 Å². The number of aryl methyl sites for hydroxylation is 3. The Morgan fingerprint density at radius 3 is 2.88 bits per heavy atom. The number of piperidine rings is 1. The Bertz CT molecular complexity index is 416. The van der Waals surface area contributed by atoms with Crippen molar-refractivity contribution in [1.82, 2.24) is 15.3 Å². The smallest absolute Gasteiger partial charge is 0.0590 e. The molecular weight excluding hydrogens is 210 g/mol. The van der Waals surface area contributed by atoms with Gasteiger partial charge in [-0.3, -0.25) is 9.97 Å². The van der Waals surface area contributed by atoms with E-state index in [0.29, 0.717) is 6.04 Å². The van der Waals surface area contributed by atoms with Gasteiger partial charge in [0.1, 0.15) is 0 Å². The first-order valence-corrected chi connectivity index (χ1v) is 6.75. The molecule has 1 saturated carbocycles. The average Bonchev–Trinajstić information content (AvgIpc) is 3.09. The predicted molar refractivity (Wildman–Crippen MR) is 67.8 cm³/mol. The lowest BCUT2D eigenvalue weighted by molar-refractivity contribution is 0.367. The van der Waals surface area contributed by atoms with Gasteiger partial charge in [0.2, 0.25) is 0 Å². The van der Waals surface area contributed by atoms with Crippen molar-refractivity contribution in [3.63, 3.8) is 0 Å². The summed E-state index contributed by atoms with van der Waals surface area (Å²) < 4.78 is 0. The monoisotopic (exact) mass is 231 g/mol. The summed E-state index contributed by atoms with van der Waals surface area (Å²) in [6.07, 6.45) is 7.05. The highest BCUT2D eigenvalue weighted by Gasteiger charge is 2.41. The molecule has 1 saturated heterocycles. The van der Waals surface area contributed by atoms with Crippen LogP contribution < -0.4 is 5.32 Å². The number of fused-ring (bicyclic) bond motifs is 1. The third-order valence-electron chi connectivity index (χ3n) is 4.32. The quantitative estimate of drug-likeness (QED) is 0.865. The van der Waals surface area contributed by atoms with E-state index < -0.39 is 0 Å².